The molecule has 0 amide bonds. The van der Waals surface area contributed by atoms with Gasteiger partial charge in [0, 0.05) is 31.7 Å². The van der Waals surface area contributed by atoms with E-state index in [0.29, 0.717) is 0 Å². The van der Waals surface area contributed by atoms with Gasteiger partial charge in [0.25, 0.3) is 0 Å². The largest absolute Gasteiger partial charge is 0.379 e. The highest BCUT2D eigenvalue weighted by molar-refractivity contribution is 7.15. The van der Waals surface area contributed by atoms with Crippen LogP contribution < -0.4 is 5.32 Å². The minimum absolute atomic E-state index is 0.144. The molecule has 0 atom stereocenters. The lowest BCUT2D eigenvalue weighted by Crippen LogP contribution is -2.54. The summed E-state index contributed by atoms with van der Waals surface area (Å²) in [6, 6.07) is 0. The van der Waals surface area contributed by atoms with E-state index in [0.717, 1.165) is 48.7 Å². The first-order chi connectivity index (χ1) is 8.58. The molecule has 2 rings (SSSR count). The molecule has 0 aromatic carbocycles. The van der Waals surface area contributed by atoms with E-state index >= 15 is 0 Å². The molecule has 2 heterocycles. The van der Waals surface area contributed by atoms with Crippen LogP contribution in [0.2, 0.25) is 4.34 Å². The number of hydrogen-bond acceptors (Lipinski definition) is 5. The molecule has 4 nitrogen and oxygen atoms in total. The first-order valence-corrected chi connectivity index (χ1v) is 7.41. The molecule has 102 valence electrons. The molecule has 0 spiro atoms. The Hall–Kier alpha value is -0.200. The van der Waals surface area contributed by atoms with E-state index in [-0.39, 0.29) is 5.54 Å². The lowest BCUT2D eigenvalue weighted by atomic mass is 10.0. The quantitative estimate of drug-likeness (QED) is 0.900. The van der Waals surface area contributed by atoms with Crippen molar-refractivity contribution in [1.82, 2.24) is 15.2 Å². The molecule has 1 aromatic heterocycles. The number of nitrogens with zero attached hydrogens (tertiary/aromatic N) is 2. The van der Waals surface area contributed by atoms with Crippen molar-refractivity contribution in [2.45, 2.75) is 25.9 Å². The monoisotopic (exact) mass is 289 g/mol. The van der Waals surface area contributed by atoms with Crippen LogP contribution in [0.15, 0.2) is 6.20 Å². The number of aromatic nitrogens is 1. The third-order valence-corrected chi connectivity index (χ3v) is 4.34. The number of hydrogen-bond donors (Lipinski definition) is 1. The molecule has 1 aliphatic rings. The van der Waals surface area contributed by atoms with Crippen LogP contribution in [0.1, 0.15) is 18.9 Å². The summed E-state index contributed by atoms with van der Waals surface area (Å²) < 4.78 is 6.14. The van der Waals surface area contributed by atoms with Crippen LogP contribution in [0.4, 0.5) is 0 Å². The summed E-state index contributed by atoms with van der Waals surface area (Å²) in [5, 5.41) is 4.50. The van der Waals surface area contributed by atoms with E-state index in [4.69, 9.17) is 16.3 Å². The minimum atomic E-state index is 0.144. The Labute approximate surface area is 117 Å². The van der Waals surface area contributed by atoms with Gasteiger partial charge in [0.15, 0.2) is 0 Å². The summed E-state index contributed by atoms with van der Waals surface area (Å²) in [5.74, 6) is 0. The molecule has 1 aliphatic heterocycles. The van der Waals surface area contributed by atoms with Crippen LogP contribution in [-0.2, 0) is 11.3 Å². The Morgan fingerprint density at radius 1 is 1.50 bits per heavy atom. The summed E-state index contributed by atoms with van der Waals surface area (Å²) in [6.45, 7) is 9.95. The van der Waals surface area contributed by atoms with Crippen LogP contribution in [0, 0.1) is 0 Å². The van der Waals surface area contributed by atoms with E-state index in [9.17, 15) is 0 Å². The highest BCUT2D eigenvalue weighted by atomic mass is 35.5. The molecular formula is C12H20ClN3OS. The van der Waals surface area contributed by atoms with E-state index in [1.54, 1.807) is 6.20 Å². The fourth-order valence-corrected chi connectivity index (χ4v) is 3.05. The van der Waals surface area contributed by atoms with Gasteiger partial charge in [0.2, 0.25) is 0 Å². The number of rotatable bonds is 5. The zero-order valence-electron chi connectivity index (χ0n) is 10.9. The SMILES string of the molecule is CC(C)(CNCc1ncc(Cl)s1)N1CCOCC1. The van der Waals surface area contributed by atoms with Crippen LogP contribution in [-0.4, -0.2) is 48.3 Å². The predicted octanol–water partition coefficient (Wildman–Crippen LogP) is 2.00. The molecule has 0 bridgehead atoms. The van der Waals surface area contributed by atoms with Gasteiger partial charge < -0.3 is 10.1 Å². The molecule has 18 heavy (non-hydrogen) atoms. The Morgan fingerprint density at radius 2 is 2.22 bits per heavy atom. The van der Waals surface area contributed by atoms with Gasteiger partial charge in [-0.3, -0.25) is 4.90 Å². The molecule has 1 N–H and O–H groups in total. The van der Waals surface area contributed by atoms with Crippen molar-refractivity contribution in [3.8, 4) is 0 Å². The molecule has 1 saturated heterocycles. The molecule has 0 radical (unpaired) electrons. The van der Waals surface area contributed by atoms with Crippen LogP contribution in [0.25, 0.3) is 0 Å². The summed E-state index contributed by atoms with van der Waals surface area (Å²) >= 11 is 7.39. The lowest BCUT2D eigenvalue weighted by molar-refractivity contribution is -0.00967. The van der Waals surface area contributed by atoms with Gasteiger partial charge >= 0.3 is 0 Å². The fraction of sp³-hybridized carbons (Fsp3) is 0.750. The lowest BCUT2D eigenvalue weighted by Gasteiger charge is -2.41. The fourth-order valence-electron chi connectivity index (χ4n) is 2.13. The average Bonchev–Trinajstić information content (AvgIpc) is 2.76. The Bertz CT molecular complexity index is 377. The first kappa shape index (κ1) is 14.2. The van der Waals surface area contributed by atoms with Crippen LogP contribution in [0.5, 0.6) is 0 Å². The predicted molar refractivity (Wildman–Crippen MR) is 75.3 cm³/mol. The molecule has 1 aromatic rings. The van der Waals surface area contributed by atoms with Crippen LogP contribution >= 0.6 is 22.9 Å². The minimum Gasteiger partial charge on any atom is -0.379 e. The van der Waals surface area contributed by atoms with E-state index in [1.165, 1.54) is 11.3 Å². The van der Waals surface area contributed by atoms with Crippen molar-refractivity contribution in [3.05, 3.63) is 15.5 Å². The van der Waals surface area contributed by atoms with Gasteiger partial charge in [-0.25, -0.2) is 4.98 Å². The molecule has 0 unspecified atom stereocenters. The number of ether oxygens (including phenoxy) is 1. The standard InChI is InChI=1S/C12H20ClN3OS/c1-12(2,16-3-5-17-6-4-16)9-14-8-11-15-7-10(13)18-11/h7,14H,3-6,8-9H2,1-2H3. The molecule has 0 aliphatic carbocycles. The average molecular weight is 290 g/mol. The van der Waals surface area contributed by atoms with Gasteiger partial charge in [-0.1, -0.05) is 11.6 Å². The first-order valence-electron chi connectivity index (χ1n) is 6.22. The molecule has 6 heteroatoms. The number of nitrogens with one attached hydrogen (secondary N) is 1. The molecular weight excluding hydrogens is 270 g/mol. The van der Waals surface area contributed by atoms with E-state index < -0.39 is 0 Å². The highest BCUT2D eigenvalue weighted by Crippen LogP contribution is 2.19. The summed E-state index contributed by atoms with van der Waals surface area (Å²) in [5.41, 5.74) is 0.144. The van der Waals surface area contributed by atoms with Crippen molar-refractivity contribution < 1.29 is 4.74 Å². The number of thiazole rings is 1. The zero-order chi connectivity index (χ0) is 13.0. The third kappa shape index (κ3) is 3.90. The topological polar surface area (TPSA) is 37.4 Å². The summed E-state index contributed by atoms with van der Waals surface area (Å²) in [6.07, 6.45) is 1.70. The Morgan fingerprint density at radius 3 is 2.83 bits per heavy atom. The van der Waals surface area contributed by atoms with Crippen molar-refractivity contribution in [2.24, 2.45) is 0 Å². The highest BCUT2D eigenvalue weighted by Gasteiger charge is 2.27. The van der Waals surface area contributed by atoms with Crippen molar-refractivity contribution in [1.29, 1.82) is 0 Å². The Kier molecular flexibility index (Phi) is 4.98. The van der Waals surface area contributed by atoms with Gasteiger partial charge in [0.1, 0.15) is 9.34 Å². The van der Waals surface area contributed by atoms with Gasteiger partial charge in [-0.05, 0) is 13.8 Å². The number of morpholine rings is 1. The van der Waals surface area contributed by atoms with Crippen molar-refractivity contribution in [2.75, 3.05) is 32.8 Å². The van der Waals surface area contributed by atoms with Gasteiger partial charge in [-0.15, -0.1) is 11.3 Å². The van der Waals surface area contributed by atoms with Crippen molar-refractivity contribution in [3.63, 3.8) is 0 Å². The second-order valence-electron chi connectivity index (χ2n) is 5.07. The van der Waals surface area contributed by atoms with Gasteiger partial charge in [0.05, 0.1) is 19.4 Å². The van der Waals surface area contributed by atoms with E-state index in [2.05, 4.69) is 29.0 Å². The molecule has 1 fully saturated rings. The summed E-state index contributed by atoms with van der Waals surface area (Å²) in [4.78, 5) is 6.71. The normalized spacial score (nSPS) is 18.2. The third-order valence-electron chi connectivity index (χ3n) is 3.23. The van der Waals surface area contributed by atoms with E-state index in [1.807, 2.05) is 0 Å². The van der Waals surface area contributed by atoms with Crippen LogP contribution in [0.3, 0.4) is 0 Å². The molecule has 0 saturated carbocycles. The number of halogens is 1. The van der Waals surface area contributed by atoms with Gasteiger partial charge in [-0.2, -0.15) is 0 Å². The second-order valence-corrected chi connectivity index (χ2v) is 6.82. The smallest absolute Gasteiger partial charge is 0.113 e. The Balaban J connectivity index is 1.77. The second kappa shape index (κ2) is 6.30. The maximum atomic E-state index is 5.86. The van der Waals surface area contributed by atoms with Crippen molar-refractivity contribution >= 4 is 22.9 Å². The summed E-state index contributed by atoms with van der Waals surface area (Å²) in [7, 11) is 0. The maximum Gasteiger partial charge on any atom is 0.113 e. The maximum absolute atomic E-state index is 5.86. The zero-order valence-corrected chi connectivity index (χ0v) is 12.5.